The molecule has 0 spiro atoms. The van der Waals surface area contributed by atoms with Crippen LogP contribution in [-0.2, 0) is 0 Å². The monoisotopic (exact) mass is 1150 g/mol. The number of aromatic nitrogens is 7. The Labute approximate surface area is 518 Å². The molecule has 0 aliphatic carbocycles. The first-order valence-electron chi connectivity index (χ1n) is 30.7. The lowest BCUT2D eigenvalue weighted by Crippen LogP contribution is -2.16. The molecule has 7 aromatic heterocycles. The SMILES string of the molecule is Cc1cc(C)cc(-c2c(-n3c4ccccc4c4ccncc43)c(-n3c4ccc(-c5ccccc5)cc4c4cc(-c5ccccc5)ccc43)nc(-n3c4ccc(-c5ccccc5)cc4c4cc(-c5ccccc5)ccc43)c2-n2c3ccccc3c3ccncc32)c1. The fourth-order valence-electron chi connectivity index (χ4n) is 14.5. The summed E-state index contributed by atoms with van der Waals surface area (Å²) in [5.41, 5.74) is 23.4. The van der Waals surface area contributed by atoms with E-state index in [1.165, 1.54) is 0 Å². The second-order valence-corrected chi connectivity index (χ2v) is 23.8. The molecule has 7 nitrogen and oxygen atoms in total. The Kier molecular flexibility index (Phi) is 11.6. The topological polar surface area (TPSA) is 58.4 Å². The summed E-state index contributed by atoms with van der Waals surface area (Å²) >= 11 is 0. The van der Waals surface area contributed by atoms with E-state index in [9.17, 15) is 0 Å². The average molecular weight is 1150 g/mol. The summed E-state index contributed by atoms with van der Waals surface area (Å²) in [5.74, 6) is 1.51. The lowest BCUT2D eigenvalue weighted by Gasteiger charge is -2.27. The third-order valence-corrected chi connectivity index (χ3v) is 18.4. The Morgan fingerprint density at radius 3 is 0.900 bits per heavy atom. The molecule has 90 heavy (non-hydrogen) atoms. The van der Waals surface area contributed by atoms with Crippen LogP contribution in [0.25, 0.3) is 166 Å². The predicted molar refractivity (Wildman–Crippen MR) is 374 cm³/mol. The van der Waals surface area contributed by atoms with E-state index < -0.39 is 0 Å². The highest BCUT2D eigenvalue weighted by molar-refractivity contribution is 6.17. The van der Waals surface area contributed by atoms with Crippen molar-refractivity contribution in [2.75, 3.05) is 0 Å². The van der Waals surface area contributed by atoms with Crippen molar-refractivity contribution in [3.63, 3.8) is 0 Å². The number of pyridine rings is 3. The summed E-state index contributed by atoms with van der Waals surface area (Å²) in [5, 5.41) is 8.89. The van der Waals surface area contributed by atoms with Gasteiger partial charge in [-0.1, -0.05) is 211 Å². The molecule has 18 aromatic rings. The number of nitrogens with zero attached hydrogens (tertiary/aromatic N) is 7. The van der Waals surface area contributed by atoms with Gasteiger partial charge in [-0.25, -0.2) is 4.98 Å². The van der Waals surface area contributed by atoms with Gasteiger partial charge < -0.3 is 9.13 Å². The first-order valence-corrected chi connectivity index (χ1v) is 30.7. The van der Waals surface area contributed by atoms with Crippen LogP contribution in [-0.4, -0.2) is 33.2 Å². The summed E-state index contributed by atoms with van der Waals surface area (Å²) in [6, 6.07) is 99.8. The van der Waals surface area contributed by atoms with Gasteiger partial charge in [0.2, 0.25) is 0 Å². The minimum absolute atomic E-state index is 0.755. The van der Waals surface area contributed by atoms with E-state index in [-0.39, 0.29) is 0 Å². The van der Waals surface area contributed by atoms with Crippen LogP contribution in [0.3, 0.4) is 0 Å². The van der Waals surface area contributed by atoms with Crippen LogP contribution in [0.15, 0.2) is 298 Å². The zero-order valence-corrected chi connectivity index (χ0v) is 49.4. The molecular formula is C83H55N7. The molecule has 0 atom stereocenters. The van der Waals surface area contributed by atoms with E-state index in [4.69, 9.17) is 15.0 Å². The van der Waals surface area contributed by atoms with Gasteiger partial charge in [0.15, 0.2) is 11.6 Å². The van der Waals surface area contributed by atoms with Crippen molar-refractivity contribution in [2.45, 2.75) is 13.8 Å². The lowest BCUT2D eigenvalue weighted by atomic mass is 9.97. The van der Waals surface area contributed by atoms with Crippen molar-refractivity contribution in [1.82, 2.24) is 33.2 Å². The van der Waals surface area contributed by atoms with Crippen molar-refractivity contribution in [3.05, 3.63) is 309 Å². The highest BCUT2D eigenvalue weighted by atomic mass is 15.2. The second kappa shape index (κ2) is 20.3. The fraction of sp³-hybridized carbons (Fsp3) is 0.0241. The van der Waals surface area contributed by atoms with Crippen LogP contribution < -0.4 is 0 Å². The van der Waals surface area contributed by atoms with E-state index in [0.29, 0.717) is 0 Å². The zero-order valence-electron chi connectivity index (χ0n) is 49.4. The molecular weight excluding hydrogens is 1090 g/mol. The number of benzene rings is 11. The maximum atomic E-state index is 6.59. The third-order valence-electron chi connectivity index (χ3n) is 18.4. The van der Waals surface area contributed by atoms with E-state index in [1.807, 2.05) is 24.8 Å². The third kappa shape index (κ3) is 7.96. The minimum Gasteiger partial charge on any atom is -0.304 e. The summed E-state index contributed by atoms with van der Waals surface area (Å²) in [4.78, 5) is 16.5. The van der Waals surface area contributed by atoms with Crippen molar-refractivity contribution < 1.29 is 0 Å². The first-order chi connectivity index (χ1) is 44.5. The maximum absolute atomic E-state index is 6.59. The molecule has 11 aromatic carbocycles. The minimum atomic E-state index is 0.755. The van der Waals surface area contributed by atoms with Gasteiger partial charge >= 0.3 is 0 Å². The van der Waals surface area contributed by atoms with Gasteiger partial charge in [-0.05, 0) is 137 Å². The smallest absolute Gasteiger partial charge is 0.165 e. The summed E-state index contributed by atoms with van der Waals surface area (Å²) < 4.78 is 9.85. The standard InChI is InChI=1S/C83H55N7/c1-52-43-53(2)45-62(44-52)79-80(87-71-29-17-15-27-63(71)65-39-41-84-50-77(65)87)82(89-73-35-31-58(54-19-7-3-8-20-54)46-67(73)68-47-59(32-36-74(68)89)55-21-9-4-10-22-55)86-83(81(79)88-72-30-18-16-28-64(72)66-40-42-85-51-78(66)88)90-75-37-33-60(56-23-11-5-12-24-56)48-69(75)70-49-61(34-38-76(70)90)57-25-13-6-14-26-57/h3-51H,1-2H3. The van der Waals surface area contributed by atoms with E-state index in [0.717, 1.165) is 177 Å². The molecule has 0 saturated carbocycles. The van der Waals surface area contributed by atoms with Crippen LogP contribution in [0.2, 0.25) is 0 Å². The van der Waals surface area contributed by atoms with Gasteiger partial charge in [0.25, 0.3) is 0 Å². The van der Waals surface area contributed by atoms with Gasteiger partial charge in [0.05, 0.1) is 56.5 Å². The van der Waals surface area contributed by atoms with E-state index in [2.05, 4.69) is 305 Å². The van der Waals surface area contributed by atoms with E-state index >= 15 is 0 Å². The Morgan fingerprint density at radius 2 is 0.544 bits per heavy atom. The number of hydrogen-bond donors (Lipinski definition) is 0. The maximum Gasteiger partial charge on any atom is 0.165 e. The quantitative estimate of drug-likeness (QED) is 0.145. The van der Waals surface area contributed by atoms with Gasteiger partial charge in [0, 0.05) is 61.0 Å². The molecule has 0 N–H and O–H groups in total. The number of hydrogen-bond acceptors (Lipinski definition) is 3. The molecule has 0 unspecified atom stereocenters. The van der Waals surface area contributed by atoms with Crippen LogP contribution in [0.5, 0.6) is 0 Å². The van der Waals surface area contributed by atoms with Crippen molar-refractivity contribution >= 4 is 87.2 Å². The van der Waals surface area contributed by atoms with Crippen LogP contribution >= 0.6 is 0 Å². The molecule has 0 saturated heterocycles. The molecule has 422 valence electrons. The van der Waals surface area contributed by atoms with Crippen molar-refractivity contribution in [3.8, 4) is 78.6 Å². The van der Waals surface area contributed by atoms with Gasteiger partial charge in [0.1, 0.15) is 11.4 Å². The van der Waals surface area contributed by atoms with Gasteiger partial charge in [-0.15, -0.1) is 0 Å². The lowest BCUT2D eigenvalue weighted by molar-refractivity contribution is 0.960. The second-order valence-electron chi connectivity index (χ2n) is 23.8. The molecule has 0 aliphatic rings. The first kappa shape index (κ1) is 51.3. The summed E-state index contributed by atoms with van der Waals surface area (Å²) in [6.07, 6.45) is 7.90. The highest BCUT2D eigenvalue weighted by Gasteiger charge is 2.33. The fourth-order valence-corrected chi connectivity index (χ4v) is 14.5. The van der Waals surface area contributed by atoms with Crippen molar-refractivity contribution in [1.29, 1.82) is 0 Å². The van der Waals surface area contributed by atoms with Crippen LogP contribution in [0.1, 0.15) is 11.1 Å². The molecule has 0 radical (unpaired) electrons. The Balaban J connectivity index is 1.11. The molecule has 0 fully saturated rings. The number of para-hydroxylation sites is 2. The molecule has 0 aliphatic heterocycles. The largest absolute Gasteiger partial charge is 0.304 e. The normalized spacial score (nSPS) is 11.9. The van der Waals surface area contributed by atoms with Crippen LogP contribution in [0.4, 0.5) is 0 Å². The molecule has 18 rings (SSSR count). The number of rotatable bonds is 9. The predicted octanol–water partition coefficient (Wildman–Crippen LogP) is 21.2. The van der Waals surface area contributed by atoms with Gasteiger partial charge in [-0.3, -0.25) is 19.1 Å². The Bertz CT molecular complexity index is 5250. The van der Waals surface area contributed by atoms with Crippen LogP contribution in [0, 0.1) is 13.8 Å². The van der Waals surface area contributed by atoms with E-state index in [1.54, 1.807) is 0 Å². The zero-order chi connectivity index (χ0) is 59.6. The molecule has 7 heteroatoms. The van der Waals surface area contributed by atoms with Gasteiger partial charge in [-0.2, -0.15) is 0 Å². The summed E-state index contributed by atoms with van der Waals surface area (Å²) in [7, 11) is 0. The van der Waals surface area contributed by atoms with Crippen molar-refractivity contribution in [2.24, 2.45) is 0 Å². The molecule has 0 bridgehead atoms. The average Bonchev–Trinajstić information content (AvgIpc) is 1.44. The highest BCUT2D eigenvalue weighted by Crippen LogP contribution is 2.50. The number of aryl methyl sites for hydroxylation is 2. The molecule has 0 amide bonds. The number of fused-ring (bicyclic) bond motifs is 12. The Morgan fingerprint density at radius 1 is 0.233 bits per heavy atom. The summed E-state index contributed by atoms with van der Waals surface area (Å²) in [6.45, 7) is 4.44. The Hall–Kier alpha value is -11.9. The molecule has 7 heterocycles.